The van der Waals surface area contributed by atoms with Crippen molar-refractivity contribution in [3.8, 4) is 0 Å². The Kier molecular flexibility index (Phi) is 12.8. The van der Waals surface area contributed by atoms with E-state index in [2.05, 4.69) is 18.6 Å². The van der Waals surface area contributed by atoms with Gasteiger partial charge in [0.1, 0.15) is 0 Å². The number of carbonyl (C=O) groups is 2. The van der Waals surface area contributed by atoms with Gasteiger partial charge in [0.2, 0.25) is 0 Å². The van der Waals surface area contributed by atoms with Gasteiger partial charge in [0.25, 0.3) is 0 Å². The summed E-state index contributed by atoms with van der Waals surface area (Å²) in [5.41, 5.74) is 0. The van der Waals surface area contributed by atoms with Gasteiger partial charge in [-0.2, -0.15) is 0 Å². The van der Waals surface area contributed by atoms with E-state index in [0.717, 1.165) is 12.3 Å². The van der Waals surface area contributed by atoms with E-state index in [-0.39, 0.29) is 13.9 Å². The number of hydrogen-bond donors (Lipinski definition) is 1. The molecule has 0 aliphatic heterocycles. The summed E-state index contributed by atoms with van der Waals surface area (Å²) in [6.45, 7) is 7.76. The molecule has 0 aromatic carbocycles. The van der Waals surface area contributed by atoms with Gasteiger partial charge in [-0.1, -0.05) is 21.8 Å². The summed E-state index contributed by atoms with van der Waals surface area (Å²) < 4.78 is 4.40. The third kappa shape index (κ3) is 16.1. The summed E-state index contributed by atoms with van der Waals surface area (Å²) in [4.78, 5) is 20.0. The van der Waals surface area contributed by atoms with Crippen molar-refractivity contribution in [3.05, 3.63) is 0 Å². The Morgan fingerprint density at radius 1 is 1.20 bits per heavy atom. The molecule has 0 bridgehead atoms. The van der Waals surface area contributed by atoms with Gasteiger partial charge in [-0.3, -0.25) is 9.59 Å². The molecule has 1 N–H and O–H groups in total. The van der Waals surface area contributed by atoms with Crippen molar-refractivity contribution >= 4 is 19.9 Å². The molecule has 0 fully saturated rings. The molecule has 0 rings (SSSR count). The lowest BCUT2D eigenvalue weighted by Gasteiger charge is -2.07. The molecule has 0 heterocycles. The Bertz CT molecular complexity index is 178. The molecule has 4 nitrogen and oxygen atoms in total. The van der Waals surface area contributed by atoms with Crippen LogP contribution in [0.15, 0.2) is 0 Å². The summed E-state index contributed by atoms with van der Waals surface area (Å²) >= 11 is 0. The van der Waals surface area contributed by atoms with E-state index >= 15 is 0 Å². The molecule has 0 aliphatic carbocycles. The molecule has 0 atom stereocenters. The van der Waals surface area contributed by atoms with E-state index in [1.807, 2.05) is 0 Å². The lowest BCUT2D eigenvalue weighted by Crippen LogP contribution is -2.02. The smallest absolute Gasteiger partial charge is 0.307 e. The monoisotopic (exact) mass is 236 g/mol. The Labute approximate surface area is 92.8 Å². The molecule has 0 radical (unpaired) electrons. The van der Waals surface area contributed by atoms with Crippen LogP contribution in [-0.2, 0) is 14.3 Å². The molecule has 0 aromatic heterocycles. The minimum atomic E-state index is -0.648. The zero-order chi connectivity index (χ0) is 12.3. The van der Waals surface area contributed by atoms with Crippen LogP contribution < -0.4 is 0 Å². The van der Waals surface area contributed by atoms with Crippen LogP contribution in [0.5, 0.6) is 0 Å². The van der Waals surface area contributed by atoms with Gasteiger partial charge in [-0.15, -0.1) is 0 Å². The maximum Gasteiger partial charge on any atom is 0.307 e. The summed E-state index contributed by atoms with van der Waals surface area (Å²) in [6, 6.07) is 0. The van der Waals surface area contributed by atoms with Gasteiger partial charge >= 0.3 is 11.9 Å². The number of aliphatic carboxylic acids is 1. The van der Waals surface area contributed by atoms with Gasteiger partial charge in [-0.05, 0) is 19.2 Å². The average molecular weight is 236 g/mol. The molecule has 0 saturated carbocycles. The summed E-state index contributed by atoms with van der Waals surface area (Å²) in [5.74, 6) is -0.859. The molecule has 0 unspecified atom stereocenters. The van der Waals surface area contributed by atoms with Crippen LogP contribution in [-0.4, -0.2) is 42.1 Å². The highest BCUT2D eigenvalue weighted by molar-refractivity contribution is 7.58. The fourth-order valence-electron chi connectivity index (χ4n) is 0.842. The van der Waals surface area contributed by atoms with Crippen molar-refractivity contribution in [2.75, 3.05) is 25.1 Å². The van der Waals surface area contributed by atoms with Crippen LogP contribution in [0.25, 0.3) is 0 Å². The van der Waals surface area contributed by atoms with Crippen LogP contribution in [0.1, 0.15) is 27.7 Å². The molecule has 0 amide bonds. The Balaban J connectivity index is 0. The second-order valence-electron chi connectivity index (χ2n) is 2.78. The lowest BCUT2D eigenvalue weighted by atomic mass is 10.8. The standard InChI is InChI=1S/C6H13O2P.C4H8O2/c1-3-9(4-2)5-6(7)8;1-3-6-4(2)5/h3-5H2,1-2H3,(H,7,8);3H2,1-2H3. The lowest BCUT2D eigenvalue weighted by molar-refractivity contribution is -0.140. The van der Waals surface area contributed by atoms with Gasteiger partial charge in [0, 0.05) is 6.92 Å². The van der Waals surface area contributed by atoms with E-state index in [0.29, 0.717) is 12.8 Å². The first-order valence-corrected chi connectivity index (χ1v) is 6.95. The third-order valence-electron chi connectivity index (χ3n) is 1.60. The van der Waals surface area contributed by atoms with E-state index in [4.69, 9.17) is 5.11 Å². The zero-order valence-corrected chi connectivity index (χ0v) is 10.8. The number of carbonyl (C=O) groups excluding carboxylic acids is 1. The molecule has 15 heavy (non-hydrogen) atoms. The first kappa shape index (κ1) is 16.8. The summed E-state index contributed by atoms with van der Waals surface area (Å²) in [5, 5.41) is 8.36. The predicted octanol–water partition coefficient (Wildman–Crippen LogP) is 2.16. The zero-order valence-electron chi connectivity index (χ0n) is 9.95. The summed E-state index contributed by atoms with van der Waals surface area (Å²) in [7, 11) is -0.195. The number of carboxylic acids is 1. The largest absolute Gasteiger partial charge is 0.481 e. The molecular weight excluding hydrogens is 215 g/mol. The van der Waals surface area contributed by atoms with Gasteiger partial charge in [-0.25, -0.2) is 0 Å². The van der Waals surface area contributed by atoms with E-state index < -0.39 is 5.97 Å². The maximum atomic E-state index is 10.1. The Morgan fingerprint density at radius 3 is 1.73 bits per heavy atom. The minimum absolute atomic E-state index is 0.195. The van der Waals surface area contributed by atoms with Crippen LogP contribution in [0, 0.1) is 0 Å². The van der Waals surface area contributed by atoms with Crippen molar-refractivity contribution in [1.29, 1.82) is 0 Å². The molecule has 0 aliphatic rings. The van der Waals surface area contributed by atoms with Crippen molar-refractivity contribution < 1.29 is 19.4 Å². The second-order valence-corrected chi connectivity index (χ2v) is 5.70. The Morgan fingerprint density at radius 2 is 1.67 bits per heavy atom. The summed E-state index contributed by atoms with van der Waals surface area (Å²) in [6.07, 6.45) is 2.47. The predicted molar refractivity (Wildman–Crippen MR) is 62.8 cm³/mol. The normalized spacial score (nSPS) is 9.13. The van der Waals surface area contributed by atoms with Crippen molar-refractivity contribution in [3.63, 3.8) is 0 Å². The fraction of sp³-hybridized carbons (Fsp3) is 0.800. The van der Waals surface area contributed by atoms with Crippen molar-refractivity contribution in [1.82, 2.24) is 0 Å². The van der Waals surface area contributed by atoms with E-state index in [1.165, 1.54) is 6.92 Å². The molecule has 90 valence electrons. The maximum absolute atomic E-state index is 10.1. The number of hydrogen-bond acceptors (Lipinski definition) is 3. The highest BCUT2D eigenvalue weighted by Gasteiger charge is 2.06. The number of carboxylic acid groups (broad SMARTS) is 1. The molecular formula is C10H21O4P. The average Bonchev–Trinajstić information content (AvgIpc) is 2.14. The number of esters is 1. The van der Waals surface area contributed by atoms with Crippen LogP contribution in [0.3, 0.4) is 0 Å². The van der Waals surface area contributed by atoms with Crippen LogP contribution in [0.4, 0.5) is 0 Å². The molecule has 0 aromatic rings. The van der Waals surface area contributed by atoms with Gasteiger partial charge < -0.3 is 9.84 Å². The van der Waals surface area contributed by atoms with E-state index in [9.17, 15) is 9.59 Å². The van der Waals surface area contributed by atoms with Gasteiger partial charge in [0.15, 0.2) is 0 Å². The van der Waals surface area contributed by atoms with E-state index in [1.54, 1.807) is 6.92 Å². The number of ether oxygens (including phenoxy) is 1. The van der Waals surface area contributed by atoms with Crippen molar-refractivity contribution in [2.24, 2.45) is 0 Å². The fourth-order valence-corrected chi connectivity index (χ4v) is 2.12. The first-order valence-electron chi connectivity index (χ1n) is 5.05. The highest BCUT2D eigenvalue weighted by atomic mass is 31.1. The highest BCUT2D eigenvalue weighted by Crippen LogP contribution is 2.32. The topological polar surface area (TPSA) is 63.6 Å². The van der Waals surface area contributed by atoms with Crippen LogP contribution in [0.2, 0.25) is 0 Å². The van der Waals surface area contributed by atoms with Gasteiger partial charge in [0.05, 0.1) is 12.8 Å². The second kappa shape index (κ2) is 11.4. The van der Waals surface area contributed by atoms with Crippen molar-refractivity contribution in [2.45, 2.75) is 27.7 Å². The third-order valence-corrected chi connectivity index (χ3v) is 4.11. The molecule has 5 heteroatoms. The van der Waals surface area contributed by atoms with Crippen LogP contribution >= 0.6 is 7.92 Å². The quantitative estimate of drug-likeness (QED) is 0.587. The minimum Gasteiger partial charge on any atom is -0.481 e. The molecule has 0 saturated heterocycles. The first-order chi connectivity index (χ1) is 6.97. The molecule has 0 spiro atoms. The Hall–Kier alpha value is -0.630. The SMILES string of the molecule is CCOC(C)=O.CCP(CC)CC(=O)O. The number of rotatable bonds is 5.